The first-order valence-corrected chi connectivity index (χ1v) is 5.80. The van der Waals surface area contributed by atoms with E-state index in [1.54, 1.807) is 23.9 Å². The minimum Gasteiger partial charge on any atom is -0.363 e. The third kappa shape index (κ3) is 2.49. The van der Waals surface area contributed by atoms with Crippen LogP contribution in [0.25, 0.3) is 0 Å². The SMILES string of the molecule is O=[N+]([O-])c1ccc(C2OCCCS2)cc1. The van der Waals surface area contributed by atoms with E-state index in [2.05, 4.69) is 0 Å². The smallest absolute Gasteiger partial charge is 0.269 e. The first-order chi connectivity index (χ1) is 7.27. The van der Waals surface area contributed by atoms with Gasteiger partial charge in [0.1, 0.15) is 5.44 Å². The highest BCUT2D eigenvalue weighted by atomic mass is 32.2. The number of nitro groups is 1. The van der Waals surface area contributed by atoms with Crippen LogP contribution in [0.2, 0.25) is 0 Å². The number of ether oxygens (including phenoxy) is 1. The van der Waals surface area contributed by atoms with Crippen LogP contribution in [0.15, 0.2) is 24.3 Å². The Kier molecular flexibility index (Phi) is 3.23. The number of benzene rings is 1. The summed E-state index contributed by atoms with van der Waals surface area (Å²) in [6, 6.07) is 6.57. The summed E-state index contributed by atoms with van der Waals surface area (Å²) in [5, 5.41) is 10.5. The highest BCUT2D eigenvalue weighted by molar-refractivity contribution is 7.99. The van der Waals surface area contributed by atoms with Gasteiger partial charge >= 0.3 is 0 Å². The molecule has 1 aromatic rings. The van der Waals surface area contributed by atoms with Crippen molar-refractivity contribution in [1.29, 1.82) is 0 Å². The molecule has 4 nitrogen and oxygen atoms in total. The molecule has 0 N–H and O–H groups in total. The molecular weight excluding hydrogens is 214 g/mol. The van der Waals surface area contributed by atoms with Crippen LogP contribution in [-0.2, 0) is 4.74 Å². The second-order valence-electron chi connectivity index (χ2n) is 3.28. The van der Waals surface area contributed by atoms with Gasteiger partial charge in [0.15, 0.2) is 0 Å². The first kappa shape index (κ1) is 10.4. The van der Waals surface area contributed by atoms with E-state index >= 15 is 0 Å². The molecule has 0 aromatic heterocycles. The minimum absolute atomic E-state index is 0.0413. The average molecular weight is 225 g/mol. The van der Waals surface area contributed by atoms with Gasteiger partial charge in [-0.3, -0.25) is 10.1 Å². The van der Waals surface area contributed by atoms with E-state index in [-0.39, 0.29) is 11.1 Å². The van der Waals surface area contributed by atoms with Crippen molar-refractivity contribution in [2.45, 2.75) is 11.9 Å². The fourth-order valence-corrected chi connectivity index (χ4v) is 2.47. The van der Waals surface area contributed by atoms with Crippen LogP contribution in [0.3, 0.4) is 0 Å². The quantitative estimate of drug-likeness (QED) is 0.573. The highest BCUT2D eigenvalue weighted by Crippen LogP contribution is 2.34. The summed E-state index contributed by atoms with van der Waals surface area (Å²) in [7, 11) is 0. The van der Waals surface area contributed by atoms with Gasteiger partial charge in [-0.15, -0.1) is 11.8 Å². The van der Waals surface area contributed by atoms with Crippen molar-refractivity contribution in [2.75, 3.05) is 12.4 Å². The summed E-state index contributed by atoms with van der Waals surface area (Å²) in [5.41, 5.74) is 1.17. The molecule has 1 fully saturated rings. The van der Waals surface area contributed by atoms with E-state index in [1.807, 2.05) is 0 Å². The largest absolute Gasteiger partial charge is 0.363 e. The van der Waals surface area contributed by atoms with Gasteiger partial charge in [-0.2, -0.15) is 0 Å². The van der Waals surface area contributed by atoms with E-state index in [1.165, 1.54) is 12.1 Å². The maximum absolute atomic E-state index is 10.5. The lowest BCUT2D eigenvalue weighted by Crippen LogP contribution is -2.09. The van der Waals surface area contributed by atoms with Crippen molar-refractivity contribution in [3.8, 4) is 0 Å². The molecular formula is C10H11NO3S. The Labute approximate surface area is 91.8 Å². The highest BCUT2D eigenvalue weighted by Gasteiger charge is 2.17. The van der Waals surface area contributed by atoms with Crippen LogP contribution in [-0.4, -0.2) is 17.3 Å². The number of thioether (sulfide) groups is 1. The van der Waals surface area contributed by atoms with Crippen molar-refractivity contribution in [3.05, 3.63) is 39.9 Å². The molecule has 0 radical (unpaired) electrons. The Morgan fingerprint density at radius 3 is 2.67 bits per heavy atom. The number of nitro benzene ring substituents is 1. The second kappa shape index (κ2) is 4.63. The van der Waals surface area contributed by atoms with Crippen LogP contribution < -0.4 is 0 Å². The van der Waals surface area contributed by atoms with Gasteiger partial charge in [0, 0.05) is 18.7 Å². The van der Waals surface area contributed by atoms with Crippen LogP contribution >= 0.6 is 11.8 Å². The second-order valence-corrected chi connectivity index (χ2v) is 4.45. The normalized spacial score (nSPS) is 21.2. The molecule has 2 rings (SSSR count). The summed E-state index contributed by atoms with van der Waals surface area (Å²) in [6.45, 7) is 0.772. The first-order valence-electron chi connectivity index (χ1n) is 4.75. The van der Waals surface area contributed by atoms with E-state index in [4.69, 9.17) is 4.74 Å². The number of rotatable bonds is 2. The zero-order chi connectivity index (χ0) is 10.7. The Morgan fingerprint density at radius 2 is 2.13 bits per heavy atom. The lowest BCUT2D eigenvalue weighted by Gasteiger charge is -2.22. The predicted molar refractivity (Wildman–Crippen MR) is 58.9 cm³/mol. The molecule has 80 valence electrons. The van der Waals surface area contributed by atoms with Gasteiger partial charge in [0.25, 0.3) is 5.69 Å². The van der Waals surface area contributed by atoms with E-state index in [0.29, 0.717) is 0 Å². The molecule has 0 aliphatic carbocycles. The molecule has 0 bridgehead atoms. The zero-order valence-corrected chi connectivity index (χ0v) is 8.90. The Bertz CT molecular complexity index is 346. The van der Waals surface area contributed by atoms with Crippen LogP contribution in [0, 0.1) is 10.1 Å². The summed E-state index contributed by atoms with van der Waals surface area (Å²) < 4.78 is 5.56. The van der Waals surface area contributed by atoms with Crippen LogP contribution in [0.5, 0.6) is 0 Å². The molecule has 1 aliphatic heterocycles. The summed E-state index contributed by atoms with van der Waals surface area (Å²) in [4.78, 5) is 10.1. The van der Waals surface area contributed by atoms with E-state index < -0.39 is 4.92 Å². The molecule has 1 saturated heterocycles. The molecule has 1 heterocycles. The Hall–Kier alpha value is -1.07. The van der Waals surface area contributed by atoms with Crippen molar-refractivity contribution in [2.24, 2.45) is 0 Å². The fraction of sp³-hybridized carbons (Fsp3) is 0.400. The Morgan fingerprint density at radius 1 is 1.40 bits per heavy atom. The van der Waals surface area contributed by atoms with E-state index in [9.17, 15) is 10.1 Å². The standard InChI is InChI=1S/C10H11NO3S/c12-11(13)9-4-2-8(3-5-9)10-14-6-1-7-15-10/h2-5,10H,1,6-7H2. The molecule has 15 heavy (non-hydrogen) atoms. The van der Waals surface area contributed by atoms with Gasteiger partial charge in [-0.25, -0.2) is 0 Å². The zero-order valence-electron chi connectivity index (χ0n) is 8.09. The number of hydrogen-bond acceptors (Lipinski definition) is 4. The Balaban J connectivity index is 2.11. The molecule has 1 atom stereocenters. The fourth-order valence-electron chi connectivity index (χ4n) is 1.43. The predicted octanol–water partition coefficient (Wildman–Crippen LogP) is 2.75. The summed E-state index contributed by atoms with van der Waals surface area (Å²) >= 11 is 1.74. The lowest BCUT2D eigenvalue weighted by molar-refractivity contribution is -0.384. The third-order valence-electron chi connectivity index (χ3n) is 2.20. The topological polar surface area (TPSA) is 52.4 Å². The summed E-state index contributed by atoms with van der Waals surface area (Å²) in [6.07, 6.45) is 1.08. The van der Waals surface area contributed by atoms with Crippen LogP contribution in [0.1, 0.15) is 17.4 Å². The monoisotopic (exact) mass is 225 g/mol. The van der Waals surface area contributed by atoms with Crippen molar-refractivity contribution in [3.63, 3.8) is 0 Å². The van der Waals surface area contributed by atoms with Gasteiger partial charge < -0.3 is 4.74 Å². The van der Waals surface area contributed by atoms with Crippen molar-refractivity contribution in [1.82, 2.24) is 0 Å². The maximum Gasteiger partial charge on any atom is 0.269 e. The van der Waals surface area contributed by atoms with Gasteiger partial charge in [-0.05, 0) is 29.9 Å². The third-order valence-corrected chi connectivity index (χ3v) is 3.44. The summed E-state index contributed by atoms with van der Waals surface area (Å²) in [5.74, 6) is 1.08. The van der Waals surface area contributed by atoms with Gasteiger partial charge in [-0.1, -0.05) is 0 Å². The number of hydrogen-bond donors (Lipinski definition) is 0. The molecule has 0 spiro atoms. The van der Waals surface area contributed by atoms with Crippen LogP contribution in [0.4, 0.5) is 5.69 Å². The van der Waals surface area contributed by atoms with Gasteiger partial charge in [0.2, 0.25) is 0 Å². The lowest BCUT2D eigenvalue weighted by atomic mass is 10.2. The molecule has 0 saturated carbocycles. The van der Waals surface area contributed by atoms with Crippen molar-refractivity contribution < 1.29 is 9.66 Å². The molecule has 5 heteroatoms. The average Bonchev–Trinajstić information content (AvgIpc) is 2.30. The van der Waals surface area contributed by atoms with Gasteiger partial charge in [0.05, 0.1) is 4.92 Å². The molecule has 1 unspecified atom stereocenters. The molecule has 1 aromatic carbocycles. The maximum atomic E-state index is 10.5. The number of non-ortho nitro benzene ring substituents is 1. The molecule has 1 aliphatic rings. The minimum atomic E-state index is -0.390. The molecule has 0 amide bonds. The number of nitrogens with zero attached hydrogens (tertiary/aromatic N) is 1. The van der Waals surface area contributed by atoms with E-state index in [0.717, 1.165) is 24.3 Å². The van der Waals surface area contributed by atoms with Crippen molar-refractivity contribution >= 4 is 17.4 Å².